The summed E-state index contributed by atoms with van der Waals surface area (Å²) in [5.41, 5.74) is 2.69. The fourth-order valence-corrected chi connectivity index (χ4v) is 2.64. The number of aromatic nitrogens is 2. The molecule has 2 N–H and O–H groups in total. The molecule has 2 rings (SSSR count). The van der Waals surface area contributed by atoms with E-state index in [1.54, 1.807) is 4.68 Å². The number of carbonyl (C=O) groups is 1. The SMILES string of the molecule is Cc1nn(C)c(C)c1NC(=O)CN1CC(C)NCC1C. The number of hydrogen-bond acceptors (Lipinski definition) is 4. The van der Waals surface area contributed by atoms with E-state index in [2.05, 4.69) is 34.5 Å². The molecule has 1 aromatic rings. The van der Waals surface area contributed by atoms with Gasteiger partial charge in [0.15, 0.2) is 0 Å². The Morgan fingerprint density at radius 1 is 1.45 bits per heavy atom. The van der Waals surface area contributed by atoms with Gasteiger partial charge in [0.05, 0.1) is 23.6 Å². The van der Waals surface area contributed by atoms with Crippen LogP contribution in [0.4, 0.5) is 5.69 Å². The summed E-state index contributed by atoms with van der Waals surface area (Å²) in [6.07, 6.45) is 0. The minimum absolute atomic E-state index is 0.0325. The fourth-order valence-electron chi connectivity index (χ4n) is 2.64. The molecule has 1 aromatic heterocycles. The van der Waals surface area contributed by atoms with Crippen molar-refractivity contribution in [3.8, 4) is 0 Å². The van der Waals surface area contributed by atoms with Crippen LogP contribution in [0.1, 0.15) is 25.2 Å². The normalized spacial score (nSPS) is 23.9. The van der Waals surface area contributed by atoms with Crippen LogP contribution in [0, 0.1) is 13.8 Å². The van der Waals surface area contributed by atoms with Gasteiger partial charge in [0, 0.05) is 32.2 Å². The van der Waals surface area contributed by atoms with Crippen molar-refractivity contribution < 1.29 is 4.79 Å². The molecule has 2 heterocycles. The van der Waals surface area contributed by atoms with Crippen molar-refractivity contribution in [2.75, 3.05) is 25.0 Å². The minimum Gasteiger partial charge on any atom is -0.322 e. The smallest absolute Gasteiger partial charge is 0.238 e. The zero-order valence-electron chi connectivity index (χ0n) is 13.0. The van der Waals surface area contributed by atoms with E-state index in [4.69, 9.17) is 0 Å². The summed E-state index contributed by atoms with van der Waals surface area (Å²) in [5.74, 6) is 0.0325. The lowest BCUT2D eigenvalue weighted by Gasteiger charge is -2.36. The Bertz CT molecular complexity index is 496. The Labute approximate surface area is 120 Å². The van der Waals surface area contributed by atoms with Crippen LogP contribution < -0.4 is 10.6 Å². The van der Waals surface area contributed by atoms with Crippen molar-refractivity contribution in [2.45, 2.75) is 39.8 Å². The highest BCUT2D eigenvalue weighted by atomic mass is 16.2. The lowest BCUT2D eigenvalue weighted by molar-refractivity contribution is -0.118. The van der Waals surface area contributed by atoms with Crippen LogP contribution in [0.2, 0.25) is 0 Å². The molecule has 6 heteroatoms. The Balaban J connectivity index is 1.98. The van der Waals surface area contributed by atoms with Gasteiger partial charge in [0.25, 0.3) is 0 Å². The van der Waals surface area contributed by atoms with Gasteiger partial charge in [-0.25, -0.2) is 0 Å². The Morgan fingerprint density at radius 3 is 2.75 bits per heavy atom. The second kappa shape index (κ2) is 5.93. The number of piperazine rings is 1. The number of anilines is 1. The third kappa shape index (κ3) is 3.19. The number of hydrogen-bond donors (Lipinski definition) is 2. The van der Waals surface area contributed by atoms with Crippen molar-refractivity contribution >= 4 is 11.6 Å². The summed E-state index contributed by atoms with van der Waals surface area (Å²) in [4.78, 5) is 14.5. The predicted octanol–water partition coefficient (Wildman–Crippen LogP) is 0.658. The molecule has 0 aromatic carbocycles. The van der Waals surface area contributed by atoms with Crippen molar-refractivity contribution in [2.24, 2.45) is 7.05 Å². The molecule has 0 spiro atoms. The molecule has 2 unspecified atom stereocenters. The fraction of sp³-hybridized carbons (Fsp3) is 0.714. The first-order chi connectivity index (χ1) is 9.38. The maximum atomic E-state index is 12.2. The molecule has 20 heavy (non-hydrogen) atoms. The summed E-state index contributed by atoms with van der Waals surface area (Å²) in [5, 5.41) is 10.7. The molecule has 112 valence electrons. The summed E-state index contributed by atoms with van der Waals surface area (Å²) < 4.78 is 1.79. The van der Waals surface area contributed by atoms with E-state index in [1.807, 2.05) is 20.9 Å². The minimum atomic E-state index is 0.0325. The van der Waals surface area contributed by atoms with Crippen molar-refractivity contribution in [1.29, 1.82) is 0 Å². The third-order valence-corrected chi connectivity index (χ3v) is 4.01. The first-order valence-electron chi connectivity index (χ1n) is 7.16. The highest BCUT2D eigenvalue weighted by molar-refractivity contribution is 5.93. The van der Waals surface area contributed by atoms with Gasteiger partial charge in [-0.2, -0.15) is 5.10 Å². The van der Waals surface area contributed by atoms with Gasteiger partial charge in [-0.1, -0.05) is 0 Å². The van der Waals surface area contributed by atoms with E-state index < -0.39 is 0 Å². The van der Waals surface area contributed by atoms with Gasteiger partial charge < -0.3 is 10.6 Å². The zero-order chi connectivity index (χ0) is 14.9. The van der Waals surface area contributed by atoms with Crippen LogP contribution in [-0.2, 0) is 11.8 Å². The molecule has 1 fully saturated rings. The topological polar surface area (TPSA) is 62.2 Å². The van der Waals surface area contributed by atoms with Crippen LogP contribution in [-0.4, -0.2) is 52.3 Å². The Hall–Kier alpha value is -1.40. The van der Waals surface area contributed by atoms with Crippen LogP contribution in [0.5, 0.6) is 0 Å². The highest BCUT2D eigenvalue weighted by Gasteiger charge is 2.24. The van der Waals surface area contributed by atoms with Crippen molar-refractivity contribution in [1.82, 2.24) is 20.0 Å². The third-order valence-electron chi connectivity index (χ3n) is 4.01. The van der Waals surface area contributed by atoms with E-state index >= 15 is 0 Å². The molecule has 0 aliphatic carbocycles. The summed E-state index contributed by atoms with van der Waals surface area (Å²) in [6, 6.07) is 0.814. The number of nitrogens with zero attached hydrogens (tertiary/aromatic N) is 3. The summed E-state index contributed by atoms with van der Waals surface area (Å²) >= 11 is 0. The van der Waals surface area contributed by atoms with Gasteiger partial charge in [-0.3, -0.25) is 14.4 Å². The van der Waals surface area contributed by atoms with Gasteiger partial charge in [-0.15, -0.1) is 0 Å². The van der Waals surface area contributed by atoms with Gasteiger partial charge in [0.1, 0.15) is 0 Å². The Morgan fingerprint density at radius 2 is 2.15 bits per heavy atom. The number of carbonyl (C=O) groups excluding carboxylic acids is 1. The van der Waals surface area contributed by atoms with E-state index in [0.717, 1.165) is 30.2 Å². The number of aryl methyl sites for hydroxylation is 2. The van der Waals surface area contributed by atoms with Gasteiger partial charge in [0.2, 0.25) is 5.91 Å². The molecule has 0 radical (unpaired) electrons. The molecule has 1 saturated heterocycles. The number of rotatable bonds is 3. The van der Waals surface area contributed by atoms with E-state index in [1.165, 1.54) is 0 Å². The van der Waals surface area contributed by atoms with E-state index in [-0.39, 0.29) is 5.91 Å². The summed E-state index contributed by atoms with van der Waals surface area (Å²) in [7, 11) is 1.89. The average Bonchev–Trinajstić information content (AvgIpc) is 2.61. The molecule has 6 nitrogen and oxygen atoms in total. The van der Waals surface area contributed by atoms with Gasteiger partial charge in [-0.05, 0) is 27.7 Å². The molecule has 0 bridgehead atoms. The highest BCUT2D eigenvalue weighted by Crippen LogP contribution is 2.18. The first kappa shape index (κ1) is 15.0. The first-order valence-corrected chi connectivity index (χ1v) is 7.16. The average molecular weight is 279 g/mol. The van der Waals surface area contributed by atoms with Crippen molar-refractivity contribution in [3.05, 3.63) is 11.4 Å². The molecule has 1 amide bonds. The lowest BCUT2D eigenvalue weighted by Crippen LogP contribution is -2.55. The maximum absolute atomic E-state index is 12.2. The Kier molecular flexibility index (Phi) is 4.45. The van der Waals surface area contributed by atoms with Crippen LogP contribution in [0.3, 0.4) is 0 Å². The monoisotopic (exact) mass is 279 g/mol. The van der Waals surface area contributed by atoms with Crippen LogP contribution in [0.25, 0.3) is 0 Å². The van der Waals surface area contributed by atoms with Crippen molar-refractivity contribution in [3.63, 3.8) is 0 Å². The largest absolute Gasteiger partial charge is 0.322 e. The number of nitrogens with one attached hydrogen (secondary N) is 2. The molecular formula is C14H25N5O. The lowest BCUT2D eigenvalue weighted by atomic mass is 10.1. The molecule has 1 aliphatic rings. The second-order valence-corrected chi connectivity index (χ2v) is 5.81. The van der Waals surface area contributed by atoms with E-state index in [0.29, 0.717) is 18.6 Å². The van der Waals surface area contributed by atoms with Crippen LogP contribution in [0.15, 0.2) is 0 Å². The van der Waals surface area contributed by atoms with Gasteiger partial charge >= 0.3 is 0 Å². The maximum Gasteiger partial charge on any atom is 0.238 e. The van der Waals surface area contributed by atoms with E-state index in [9.17, 15) is 4.79 Å². The quantitative estimate of drug-likeness (QED) is 0.853. The number of amides is 1. The molecular weight excluding hydrogens is 254 g/mol. The van der Waals surface area contributed by atoms with Crippen LogP contribution >= 0.6 is 0 Å². The molecule has 2 atom stereocenters. The molecule has 1 aliphatic heterocycles. The summed E-state index contributed by atoms with van der Waals surface area (Å²) in [6.45, 7) is 10.4. The standard InChI is InChI=1S/C14H25N5O/c1-9-7-19(10(2)6-15-9)8-13(20)16-14-11(3)17-18(5)12(14)4/h9-10,15H,6-8H2,1-5H3,(H,16,20). The molecule has 0 saturated carbocycles. The second-order valence-electron chi connectivity index (χ2n) is 5.81. The zero-order valence-corrected chi connectivity index (χ0v) is 13.0. The predicted molar refractivity (Wildman–Crippen MR) is 79.8 cm³/mol.